The van der Waals surface area contributed by atoms with Gasteiger partial charge < -0.3 is 10.1 Å². The number of nitrogens with zero attached hydrogens (tertiary/aromatic N) is 3. The molecule has 1 aromatic heterocycles. The van der Waals surface area contributed by atoms with Crippen molar-refractivity contribution >= 4 is 21.6 Å². The van der Waals surface area contributed by atoms with E-state index in [0.29, 0.717) is 43.4 Å². The van der Waals surface area contributed by atoms with Crippen molar-refractivity contribution in [1.29, 1.82) is 0 Å². The third-order valence-corrected chi connectivity index (χ3v) is 6.95. The van der Waals surface area contributed by atoms with Gasteiger partial charge in [0.1, 0.15) is 11.4 Å². The van der Waals surface area contributed by atoms with Crippen LogP contribution in [0.5, 0.6) is 0 Å². The van der Waals surface area contributed by atoms with Gasteiger partial charge in [-0.1, -0.05) is 19.1 Å². The summed E-state index contributed by atoms with van der Waals surface area (Å²) in [5.41, 5.74) is 2.70. The van der Waals surface area contributed by atoms with Gasteiger partial charge >= 0.3 is 0 Å². The maximum Gasteiger partial charge on any atom is 0.246 e. The highest BCUT2D eigenvalue weighted by molar-refractivity contribution is 7.89. The molecule has 1 amide bonds. The molecule has 1 aromatic carbocycles. The van der Waals surface area contributed by atoms with Crippen molar-refractivity contribution < 1.29 is 17.9 Å². The molecule has 1 N–H and O–H groups in total. The summed E-state index contributed by atoms with van der Waals surface area (Å²) in [5, 5.41) is 7.15. The number of aryl methyl sites for hydroxylation is 2. The molecule has 2 heterocycles. The number of nitrogens with one attached hydrogen (secondary N) is 1. The normalized spacial score (nSPS) is 15.5. The number of benzene rings is 1. The number of carbonyl (C=O) groups excluding carboxylic acids is 1. The van der Waals surface area contributed by atoms with Gasteiger partial charge in [0, 0.05) is 18.8 Å². The Kier molecular flexibility index (Phi) is 6.17. The summed E-state index contributed by atoms with van der Waals surface area (Å²) in [4.78, 5) is 12.6. The number of carbonyl (C=O) groups is 1. The van der Waals surface area contributed by atoms with Gasteiger partial charge in [0.2, 0.25) is 15.9 Å². The first-order valence-corrected chi connectivity index (χ1v) is 10.8. The third-order valence-electron chi connectivity index (χ3n) is 4.80. The number of hydrogen-bond acceptors (Lipinski definition) is 5. The Balaban J connectivity index is 1.78. The number of ether oxygens (including phenoxy) is 1. The minimum absolute atomic E-state index is 0.0539. The summed E-state index contributed by atoms with van der Waals surface area (Å²) in [7, 11) is -3.67. The van der Waals surface area contributed by atoms with Gasteiger partial charge in [-0.15, -0.1) is 0 Å². The average Bonchev–Trinajstić information content (AvgIpc) is 2.96. The van der Waals surface area contributed by atoms with Crippen molar-refractivity contribution in [3.8, 4) is 0 Å². The molecule has 152 valence electrons. The van der Waals surface area contributed by atoms with Crippen molar-refractivity contribution in [1.82, 2.24) is 14.1 Å². The summed E-state index contributed by atoms with van der Waals surface area (Å²) >= 11 is 0. The van der Waals surface area contributed by atoms with Crippen molar-refractivity contribution in [3.05, 3.63) is 41.2 Å². The van der Waals surface area contributed by atoms with E-state index in [0.717, 1.165) is 12.0 Å². The van der Waals surface area contributed by atoms with Crippen LogP contribution in [-0.4, -0.2) is 54.7 Å². The lowest BCUT2D eigenvalue weighted by Gasteiger charge is -2.26. The molecule has 8 nitrogen and oxygen atoms in total. The second-order valence-corrected chi connectivity index (χ2v) is 8.65. The zero-order valence-corrected chi connectivity index (χ0v) is 17.3. The minimum atomic E-state index is -3.67. The van der Waals surface area contributed by atoms with Crippen molar-refractivity contribution in [3.63, 3.8) is 0 Å². The molecule has 28 heavy (non-hydrogen) atoms. The maximum absolute atomic E-state index is 13.0. The van der Waals surface area contributed by atoms with E-state index in [9.17, 15) is 13.2 Å². The van der Waals surface area contributed by atoms with Crippen LogP contribution in [0.3, 0.4) is 0 Å². The predicted octanol–water partition coefficient (Wildman–Crippen LogP) is 1.72. The van der Waals surface area contributed by atoms with E-state index in [1.165, 1.54) is 8.99 Å². The number of anilines is 1. The van der Waals surface area contributed by atoms with Crippen LogP contribution in [0.2, 0.25) is 0 Å². The Labute approximate surface area is 165 Å². The lowest BCUT2D eigenvalue weighted by molar-refractivity contribution is -0.116. The average molecular weight is 407 g/mol. The maximum atomic E-state index is 13.0. The molecule has 0 unspecified atom stereocenters. The fraction of sp³-hybridized carbons (Fsp3) is 0.474. The molecule has 0 atom stereocenters. The highest BCUT2D eigenvalue weighted by atomic mass is 32.2. The summed E-state index contributed by atoms with van der Waals surface area (Å²) in [5.74, 6) is -0.255. The van der Waals surface area contributed by atoms with Crippen LogP contribution < -0.4 is 5.32 Å². The van der Waals surface area contributed by atoms with Crippen LogP contribution >= 0.6 is 0 Å². The zero-order chi connectivity index (χ0) is 20.3. The topological polar surface area (TPSA) is 93.5 Å². The Morgan fingerprint density at radius 3 is 2.64 bits per heavy atom. The monoisotopic (exact) mass is 406 g/mol. The summed E-state index contributed by atoms with van der Waals surface area (Å²) in [6, 6.07) is 7.64. The number of morpholine rings is 1. The van der Waals surface area contributed by atoms with Crippen molar-refractivity contribution in [2.45, 2.75) is 38.6 Å². The van der Waals surface area contributed by atoms with Gasteiger partial charge in [-0.05, 0) is 38.0 Å². The fourth-order valence-electron chi connectivity index (χ4n) is 3.33. The summed E-state index contributed by atoms with van der Waals surface area (Å²) in [6.07, 6.45) is 0.879. The Morgan fingerprint density at radius 1 is 1.25 bits per heavy atom. The third kappa shape index (κ3) is 4.26. The molecule has 3 rings (SSSR count). The molecule has 0 aliphatic carbocycles. The predicted molar refractivity (Wildman–Crippen MR) is 106 cm³/mol. The molecule has 0 saturated carbocycles. The first-order chi connectivity index (χ1) is 13.3. The van der Waals surface area contributed by atoms with Crippen LogP contribution in [0.25, 0.3) is 0 Å². The van der Waals surface area contributed by atoms with E-state index >= 15 is 0 Å². The number of hydrogen-bond donors (Lipinski definition) is 1. The summed E-state index contributed by atoms with van der Waals surface area (Å²) in [6.45, 7) is 6.73. The second-order valence-electron chi connectivity index (χ2n) is 6.78. The minimum Gasteiger partial charge on any atom is -0.379 e. The molecule has 9 heteroatoms. The van der Waals surface area contributed by atoms with Gasteiger partial charge in [0.05, 0.1) is 24.6 Å². The molecule has 1 aliphatic rings. The highest BCUT2D eigenvalue weighted by Gasteiger charge is 2.32. The van der Waals surface area contributed by atoms with E-state index in [4.69, 9.17) is 4.74 Å². The Bertz CT molecular complexity index is 962. The molecule has 2 aromatic rings. The van der Waals surface area contributed by atoms with Gasteiger partial charge in [-0.2, -0.15) is 9.40 Å². The number of amides is 1. The molecule has 0 radical (unpaired) electrons. The molecule has 1 saturated heterocycles. The molecular formula is C19H26N4O4S. The van der Waals surface area contributed by atoms with Crippen LogP contribution in [0.15, 0.2) is 29.2 Å². The lowest BCUT2D eigenvalue weighted by Crippen LogP contribution is -2.41. The smallest absolute Gasteiger partial charge is 0.246 e. The van der Waals surface area contributed by atoms with Gasteiger partial charge in [-0.3, -0.25) is 9.48 Å². The van der Waals surface area contributed by atoms with E-state index in [2.05, 4.69) is 10.4 Å². The molecular weight excluding hydrogens is 380 g/mol. The molecule has 1 fully saturated rings. The standard InChI is InChI=1S/C19H26N4O4S/c1-4-16-6-5-7-17(12-16)20-18(24)13-23-15(3)19(14(2)21-23)28(25,26)22-8-10-27-11-9-22/h5-7,12H,4,8-11,13H2,1-3H3,(H,20,24). The SMILES string of the molecule is CCc1cccc(NC(=O)Cn2nc(C)c(S(=O)(=O)N3CCOCC3)c2C)c1. The highest BCUT2D eigenvalue weighted by Crippen LogP contribution is 2.24. The van der Waals surface area contributed by atoms with Crippen LogP contribution in [0.4, 0.5) is 5.69 Å². The lowest BCUT2D eigenvalue weighted by atomic mass is 10.1. The molecule has 0 bridgehead atoms. The summed E-state index contributed by atoms with van der Waals surface area (Å²) < 4.78 is 34.1. The largest absolute Gasteiger partial charge is 0.379 e. The fourth-order valence-corrected chi connectivity index (χ4v) is 5.11. The van der Waals surface area contributed by atoms with E-state index in [1.807, 2.05) is 31.2 Å². The first-order valence-electron chi connectivity index (χ1n) is 9.33. The van der Waals surface area contributed by atoms with Crippen molar-refractivity contribution in [2.24, 2.45) is 0 Å². The number of rotatable bonds is 6. The quantitative estimate of drug-likeness (QED) is 0.788. The second kappa shape index (κ2) is 8.42. The molecule has 0 spiro atoms. The van der Waals surface area contributed by atoms with Gasteiger partial charge in [0.25, 0.3) is 0 Å². The van der Waals surface area contributed by atoms with Crippen LogP contribution in [0.1, 0.15) is 23.9 Å². The van der Waals surface area contributed by atoms with Crippen LogP contribution in [0, 0.1) is 13.8 Å². The van der Waals surface area contributed by atoms with E-state index in [-0.39, 0.29) is 17.3 Å². The number of aromatic nitrogens is 2. The van der Waals surface area contributed by atoms with Crippen molar-refractivity contribution in [2.75, 3.05) is 31.6 Å². The van der Waals surface area contributed by atoms with Gasteiger partial charge in [0.15, 0.2) is 0 Å². The first kappa shape index (κ1) is 20.5. The Hall–Kier alpha value is -2.23. The molecule has 1 aliphatic heterocycles. The van der Waals surface area contributed by atoms with E-state index < -0.39 is 10.0 Å². The van der Waals surface area contributed by atoms with E-state index in [1.54, 1.807) is 13.8 Å². The number of sulfonamides is 1. The Morgan fingerprint density at radius 2 is 1.96 bits per heavy atom. The van der Waals surface area contributed by atoms with Gasteiger partial charge in [-0.25, -0.2) is 8.42 Å². The van der Waals surface area contributed by atoms with Crippen LogP contribution in [-0.2, 0) is 32.5 Å². The zero-order valence-electron chi connectivity index (χ0n) is 16.4.